The van der Waals surface area contributed by atoms with Crippen LogP contribution in [0.5, 0.6) is 0 Å². The van der Waals surface area contributed by atoms with Crippen LogP contribution in [-0.2, 0) is 6.54 Å². The van der Waals surface area contributed by atoms with Crippen molar-refractivity contribution in [3.8, 4) is 0 Å². The number of aromatic nitrogens is 2. The molecule has 1 aromatic heterocycles. The van der Waals surface area contributed by atoms with Crippen LogP contribution >= 0.6 is 15.9 Å². The number of imidazole rings is 1. The highest BCUT2D eigenvalue weighted by Gasteiger charge is 2.27. The van der Waals surface area contributed by atoms with Gasteiger partial charge in [-0.2, -0.15) is 0 Å². The van der Waals surface area contributed by atoms with E-state index in [-0.39, 0.29) is 11.8 Å². The molecular formula is C19H17BrN4O2. The Labute approximate surface area is 158 Å². The summed E-state index contributed by atoms with van der Waals surface area (Å²) in [6.07, 6.45) is 0. The van der Waals surface area contributed by atoms with Crippen LogP contribution in [0.1, 0.15) is 27.9 Å². The van der Waals surface area contributed by atoms with Crippen LogP contribution in [0.15, 0.2) is 46.9 Å². The Bertz CT molecular complexity index is 1010. The van der Waals surface area contributed by atoms with Gasteiger partial charge in [0.15, 0.2) is 5.82 Å². The van der Waals surface area contributed by atoms with Crippen molar-refractivity contribution in [3.05, 3.63) is 58.3 Å². The molecule has 0 fully saturated rings. The highest BCUT2D eigenvalue weighted by atomic mass is 79.9. The molecule has 3 aromatic rings. The van der Waals surface area contributed by atoms with Gasteiger partial charge in [0.25, 0.3) is 11.8 Å². The maximum absolute atomic E-state index is 12.5. The molecular weight excluding hydrogens is 396 g/mol. The third kappa shape index (κ3) is 2.88. The maximum Gasteiger partial charge on any atom is 0.289 e. The number of amides is 2. The lowest BCUT2D eigenvalue weighted by Crippen LogP contribution is -2.40. The van der Waals surface area contributed by atoms with E-state index in [0.29, 0.717) is 30.0 Å². The molecule has 2 aromatic carbocycles. The number of rotatable bonds is 3. The number of hydrogen-bond donors (Lipinski definition) is 1. The Morgan fingerprint density at radius 3 is 2.69 bits per heavy atom. The molecule has 6 nitrogen and oxygen atoms in total. The van der Waals surface area contributed by atoms with Crippen LogP contribution in [0.4, 0.5) is 5.69 Å². The van der Waals surface area contributed by atoms with Gasteiger partial charge in [0, 0.05) is 35.4 Å². The lowest BCUT2D eigenvalue weighted by Gasteiger charge is -2.26. The van der Waals surface area contributed by atoms with Crippen molar-refractivity contribution < 1.29 is 9.59 Å². The Morgan fingerprint density at radius 1 is 1.19 bits per heavy atom. The van der Waals surface area contributed by atoms with Gasteiger partial charge in [0.2, 0.25) is 0 Å². The summed E-state index contributed by atoms with van der Waals surface area (Å²) in [5.74, 6) is 0.177. The quantitative estimate of drug-likeness (QED) is 0.715. The van der Waals surface area contributed by atoms with Crippen molar-refractivity contribution in [3.63, 3.8) is 0 Å². The smallest absolute Gasteiger partial charge is 0.289 e. The van der Waals surface area contributed by atoms with Gasteiger partial charge in [-0.25, -0.2) is 4.98 Å². The van der Waals surface area contributed by atoms with Crippen LogP contribution in [0.2, 0.25) is 0 Å². The number of benzene rings is 2. The molecule has 2 heterocycles. The number of carbonyl (C=O) groups is 2. The van der Waals surface area contributed by atoms with Crippen molar-refractivity contribution in [1.29, 1.82) is 0 Å². The van der Waals surface area contributed by atoms with Crippen molar-refractivity contribution in [1.82, 2.24) is 14.5 Å². The SMILES string of the molecule is CCN1CCn2c(nc3cc(C(=O)Nc4ccc(Br)cc4)ccc32)C1=O. The molecule has 0 aliphatic carbocycles. The first-order valence-corrected chi connectivity index (χ1v) is 9.22. The minimum atomic E-state index is -0.207. The largest absolute Gasteiger partial charge is 0.334 e. The molecule has 0 spiro atoms. The molecule has 0 radical (unpaired) electrons. The van der Waals surface area contributed by atoms with Gasteiger partial charge in [0.05, 0.1) is 11.0 Å². The molecule has 1 aliphatic heterocycles. The number of hydrogen-bond acceptors (Lipinski definition) is 3. The van der Waals surface area contributed by atoms with E-state index in [2.05, 4.69) is 26.2 Å². The van der Waals surface area contributed by atoms with E-state index in [1.54, 1.807) is 17.0 Å². The summed E-state index contributed by atoms with van der Waals surface area (Å²) in [6.45, 7) is 4.03. The van der Waals surface area contributed by atoms with Gasteiger partial charge in [-0.05, 0) is 49.4 Å². The lowest BCUT2D eigenvalue weighted by atomic mass is 10.2. The summed E-state index contributed by atoms with van der Waals surface area (Å²) in [5, 5.41) is 2.87. The van der Waals surface area contributed by atoms with Crippen molar-refractivity contribution >= 4 is 44.5 Å². The van der Waals surface area contributed by atoms with E-state index in [4.69, 9.17) is 0 Å². The van der Waals surface area contributed by atoms with E-state index in [1.165, 1.54) is 0 Å². The summed E-state index contributed by atoms with van der Waals surface area (Å²) >= 11 is 3.37. The second kappa shape index (κ2) is 6.57. The topological polar surface area (TPSA) is 67.2 Å². The number of likely N-dealkylation sites (N-methyl/N-ethyl adjacent to an activating group) is 1. The van der Waals surface area contributed by atoms with Crippen molar-refractivity contribution in [2.75, 3.05) is 18.4 Å². The summed E-state index contributed by atoms with van der Waals surface area (Å²) in [6, 6.07) is 12.8. The molecule has 26 heavy (non-hydrogen) atoms. The van der Waals surface area contributed by atoms with Crippen LogP contribution in [0.25, 0.3) is 11.0 Å². The number of halogens is 1. The first kappa shape index (κ1) is 16.8. The van der Waals surface area contributed by atoms with Crippen LogP contribution < -0.4 is 5.32 Å². The monoisotopic (exact) mass is 412 g/mol. The molecule has 1 aliphatic rings. The molecule has 0 saturated carbocycles. The zero-order valence-electron chi connectivity index (χ0n) is 14.2. The lowest BCUT2D eigenvalue weighted by molar-refractivity contribution is 0.0709. The minimum absolute atomic E-state index is 0.0594. The van der Waals surface area contributed by atoms with Crippen LogP contribution in [-0.4, -0.2) is 39.4 Å². The molecule has 0 saturated heterocycles. The Morgan fingerprint density at radius 2 is 1.96 bits per heavy atom. The summed E-state index contributed by atoms with van der Waals surface area (Å²) in [4.78, 5) is 31.2. The first-order valence-electron chi connectivity index (χ1n) is 8.43. The second-order valence-corrected chi connectivity index (χ2v) is 7.05. The van der Waals surface area contributed by atoms with Crippen LogP contribution in [0, 0.1) is 0 Å². The van der Waals surface area contributed by atoms with Gasteiger partial charge in [0.1, 0.15) is 0 Å². The van der Waals surface area contributed by atoms with Crippen molar-refractivity contribution in [2.45, 2.75) is 13.5 Å². The average Bonchev–Trinajstić information content (AvgIpc) is 3.03. The number of carbonyl (C=O) groups excluding carboxylic acids is 2. The Balaban J connectivity index is 1.65. The van der Waals surface area contributed by atoms with E-state index in [0.717, 1.165) is 22.2 Å². The molecule has 1 N–H and O–H groups in total. The fourth-order valence-electron chi connectivity index (χ4n) is 3.16. The minimum Gasteiger partial charge on any atom is -0.334 e. The van der Waals surface area contributed by atoms with Gasteiger partial charge in [-0.15, -0.1) is 0 Å². The Hall–Kier alpha value is -2.67. The molecule has 132 valence electrons. The van der Waals surface area contributed by atoms with E-state index in [9.17, 15) is 9.59 Å². The first-order chi connectivity index (χ1) is 12.6. The van der Waals surface area contributed by atoms with Gasteiger partial charge >= 0.3 is 0 Å². The predicted molar refractivity (Wildman–Crippen MR) is 103 cm³/mol. The zero-order valence-corrected chi connectivity index (χ0v) is 15.8. The number of anilines is 1. The molecule has 7 heteroatoms. The average molecular weight is 413 g/mol. The van der Waals surface area contributed by atoms with E-state index >= 15 is 0 Å². The molecule has 0 bridgehead atoms. The summed E-state index contributed by atoms with van der Waals surface area (Å²) in [7, 11) is 0. The van der Waals surface area contributed by atoms with Gasteiger partial charge in [-0.1, -0.05) is 15.9 Å². The predicted octanol–water partition coefficient (Wildman–Crippen LogP) is 3.53. The maximum atomic E-state index is 12.5. The second-order valence-electron chi connectivity index (χ2n) is 6.14. The van der Waals surface area contributed by atoms with E-state index in [1.807, 2.05) is 41.8 Å². The zero-order chi connectivity index (χ0) is 18.3. The van der Waals surface area contributed by atoms with Crippen LogP contribution in [0.3, 0.4) is 0 Å². The number of fused-ring (bicyclic) bond motifs is 3. The normalized spacial score (nSPS) is 13.8. The highest BCUT2D eigenvalue weighted by Crippen LogP contribution is 2.23. The number of nitrogens with one attached hydrogen (secondary N) is 1. The summed E-state index contributed by atoms with van der Waals surface area (Å²) < 4.78 is 2.88. The van der Waals surface area contributed by atoms with Gasteiger partial charge in [-0.3, -0.25) is 9.59 Å². The highest BCUT2D eigenvalue weighted by molar-refractivity contribution is 9.10. The Kier molecular flexibility index (Phi) is 4.24. The van der Waals surface area contributed by atoms with Gasteiger partial charge < -0.3 is 14.8 Å². The van der Waals surface area contributed by atoms with E-state index < -0.39 is 0 Å². The summed E-state index contributed by atoms with van der Waals surface area (Å²) in [5.41, 5.74) is 2.77. The molecule has 4 rings (SSSR count). The van der Waals surface area contributed by atoms with Crippen molar-refractivity contribution in [2.24, 2.45) is 0 Å². The molecule has 0 unspecified atom stereocenters. The fraction of sp³-hybridized carbons (Fsp3) is 0.211. The third-order valence-corrected chi connectivity index (χ3v) is 5.09. The molecule has 0 atom stereocenters. The third-order valence-electron chi connectivity index (χ3n) is 4.57. The number of nitrogens with zero attached hydrogens (tertiary/aromatic N) is 3. The fourth-order valence-corrected chi connectivity index (χ4v) is 3.43. The standard InChI is InChI=1S/C19H17BrN4O2/c1-2-23-9-10-24-16-8-3-12(11-15(16)22-17(24)19(23)26)18(25)21-14-6-4-13(20)5-7-14/h3-8,11H,2,9-10H2,1H3,(H,21,25). The molecule has 2 amide bonds.